The Kier molecular flexibility index (Phi) is 9.31. The molecule has 2 aromatic rings. The third-order valence-electron chi connectivity index (χ3n) is 7.62. The fourth-order valence-electron chi connectivity index (χ4n) is 4.97. The Morgan fingerprint density at radius 3 is 2.34 bits per heavy atom. The number of benzene rings is 1. The van der Waals surface area contributed by atoms with Gasteiger partial charge in [0, 0.05) is 32.0 Å². The summed E-state index contributed by atoms with van der Waals surface area (Å²) >= 11 is 0.676. The minimum Gasteiger partial charge on any atom is -0.394 e. The SMILES string of the molecule is CCN(C)C(=O)C(S[C@@H]1O[C@H](CO)[C@H](O)[C@H](n2cc(-c3cc(F)c(F)c(F)c3)nn2)[C@H]1O)C1(O)CCC(F)(F)CC1. The first-order valence-electron chi connectivity index (χ1n) is 12.9. The number of hydrogen-bond donors (Lipinski definition) is 4. The highest BCUT2D eigenvalue weighted by Gasteiger charge is 2.53. The zero-order chi connectivity index (χ0) is 30.3. The molecule has 1 aromatic heterocycles. The Balaban J connectivity index is 1.65. The van der Waals surface area contributed by atoms with Crippen molar-refractivity contribution >= 4 is 17.7 Å². The molecule has 4 N–H and O–H groups in total. The van der Waals surface area contributed by atoms with Gasteiger partial charge in [0.05, 0.1) is 18.4 Å². The zero-order valence-electron chi connectivity index (χ0n) is 22.1. The number of carbonyl (C=O) groups is 1. The van der Waals surface area contributed by atoms with Gasteiger partial charge in [0.2, 0.25) is 11.8 Å². The van der Waals surface area contributed by atoms with Crippen molar-refractivity contribution in [2.75, 3.05) is 20.2 Å². The van der Waals surface area contributed by atoms with E-state index in [0.717, 1.165) is 10.9 Å². The molecule has 2 fully saturated rings. The van der Waals surface area contributed by atoms with Gasteiger partial charge in [0.25, 0.3) is 0 Å². The Hall–Kier alpha value is -2.37. The maximum atomic E-state index is 13.9. The molecule has 4 rings (SSSR count). The average molecular weight is 611 g/mol. The summed E-state index contributed by atoms with van der Waals surface area (Å²) in [5.74, 6) is -8.21. The van der Waals surface area contributed by atoms with E-state index in [1.165, 1.54) is 11.9 Å². The first kappa shape index (κ1) is 31.6. The molecule has 0 radical (unpaired) electrons. The summed E-state index contributed by atoms with van der Waals surface area (Å²) in [6.45, 7) is 1.18. The smallest absolute Gasteiger partial charge is 0.248 e. The summed E-state index contributed by atoms with van der Waals surface area (Å²) in [6.07, 6.45) is -5.52. The molecule has 1 aromatic carbocycles. The number of ether oxygens (including phenoxy) is 1. The van der Waals surface area contributed by atoms with Crippen molar-refractivity contribution in [3.05, 3.63) is 35.8 Å². The van der Waals surface area contributed by atoms with Gasteiger partial charge in [-0.2, -0.15) is 0 Å². The van der Waals surface area contributed by atoms with E-state index in [-0.39, 0.29) is 17.8 Å². The van der Waals surface area contributed by atoms with Gasteiger partial charge in [0.1, 0.15) is 40.7 Å². The van der Waals surface area contributed by atoms with Crippen LogP contribution in [0.3, 0.4) is 0 Å². The van der Waals surface area contributed by atoms with Gasteiger partial charge in [-0.05, 0) is 31.9 Å². The van der Waals surface area contributed by atoms with Gasteiger partial charge in [-0.3, -0.25) is 4.79 Å². The fourth-order valence-corrected chi connectivity index (χ4v) is 6.55. The normalized spacial score (nSPS) is 28.3. The second-order valence-corrected chi connectivity index (χ2v) is 11.6. The van der Waals surface area contributed by atoms with Gasteiger partial charge < -0.3 is 30.1 Å². The van der Waals surface area contributed by atoms with E-state index in [1.807, 2.05) is 0 Å². The van der Waals surface area contributed by atoms with Gasteiger partial charge in [-0.1, -0.05) is 5.21 Å². The molecule has 2 heterocycles. The Bertz CT molecular complexity index is 1220. The molecule has 1 unspecified atom stereocenters. The minimum atomic E-state index is -3.00. The van der Waals surface area contributed by atoms with Crippen LogP contribution in [0.2, 0.25) is 0 Å². The number of aliphatic hydroxyl groups excluding tert-OH is 3. The summed E-state index contributed by atoms with van der Waals surface area (Å²) in [5.41, 5.74) is -3.56. The molecule has 41 heavy (non-hydrogen) atoms. The van der Waals surface area contributed by atoms with Crippen LogP contribution in [0, 0.1) is 17.5 Å². The number of carbonyl (C=O) groups excluding carboxylic acids is 1. The van der Waals surface area contributed by atoms with Crippen LogP contribution in [0.1, 0.15) is 38.6 Å². The zero-order valence-corrected chi connectivity index (χ0v) is 22.9. The lowest BCUT2D eigenvalue weighted by atomic mass is 9.80. The van der Waals surface area contributed by atoms with Gasteiger partial charge in [0.15, 0.2) is 17.5 Å². The Morgan fingerprint density at radius 1 is 1.17 bits per heavy atom. The number of rotatable bonds is 8. The van der Waals surface area contributed by atoms with Gasteiger partial charge in [-0.25, -0.2) is 26.6 Å². The number of alkyl halides is 2. The summed E-state index contributed by atoms with van der Waals surface area (Å²) in [4.78, 5) is 14.6. The van der Waals surface area contributed by atoms with Crippen LogP contribution < -0.4 is 0 Å². The van der Waals surface area contributed by atoms with Crippen molar-refractivity contribution in [3.8, 4) is 11.3 Å². The molecule has 2 aliphatic rings. The van der Waals surface area contributed by atoms with Crippen LogP contribution in [-0.4, -0.2) is 107 Å². The van der Waals surface area contributed by atoms with Crippen LogP contribution >= 0.6 is 11.8 Å². The minimum absolute atomic E-state index is 0.131. The molecule has 1 aliphatic carbocycles. The van der Waals surface area contributed by atoms with Gasteiger partial charge >= 0.3 is 0 Å². The fraction of sp³-hybridized carbons (Fsp3) is 0.640. The Labute approximate surface area is 236 Å². The molecular weight excluding hydrogens is 579 g/mol. The van der Waals surface area contributed by atoms with E-state index in [2.05, 4.69) is 10.3 Å². The van der Waals surface area contributed by atoms with Crippen molar-refractivity contribution < 1.29 is 51.9 Å². The molecule has 1 saturated carbocycles. The number of thioether (sulfide) groups is 1. The average Bonchev–Trinajstić information content (AvgIpc) is 3.42. The largest absolute Gasteiger partial charge is 0.394 e. The number of nitrogens with zero attached hydrogens (tertiary/aromatic N) is 4. The lowest BCUT2D eigenvalue weighted by Gasteiger charge is -2.46. The summed E-state index contributed by atoms with van der Waals surface area (Å²) in [6, 6.07) is 0.00103. The van der Waals surface area contributed by atoms with Crippen LogP contribution in [0.25, 0.3) is 11.3 Å². The van der Waals surface area contributed by atoms with E-state index in [0.29, 0.717) is 23.9 Å². The predicted molar refractivity (Wildman–Crippen MR) is 135 cm³/mol. The van der Waals surface area contributed by atoms with Crippen LogP contribution in [-0.2, 0) is 9.53 Å². The van der Waals surface area contributed by atoms with Crippen molar-refractivity contribution in [2.24, 2.45) is 0 Å². The summed E-state index contributed by atoms with van der Waals surface area (Å²) in [5, 5.41) is 49.7. The topological polar surface area (TPSA) is 141 Å². The molecular formula is C25H31F5N4O6S. The third kappa shape index (κ3) is 6.37. The van der Waals surface area contributed by atoms with E-state index >= 15 is 0 Å². The maximum Gasteiger partial charge on any atom is 0.248 e. The van der Waals surface area contributed by atoms with E-state index < -0.39 is 102 Å². The van der Waals surface area contributed by atoms with Crippen LogP contribution in [0.4, 0.5) is 22.0 Å². The standard InChI is InChI=1S/C25H31F5N4O6S/c1-3-33(2)22(38)21(24(39)4-6-25(29,30)7-5-24)41-23-20(37)18(19(36)16(11-35)40-23)34-10-15(31-32-34)12-8-13(26)17(28)14(27)9-12/h8-10,16,18-21,23,35-37,39H,3-7,11H2,1-2H3/t16-,18+,19+,20-,21?,23+/m1/s1. The highest BCUT2D eigenvalue weighted by atomic mass is 32.2. The second-order valence-electron chi connectivity index (χ2n) is 10.4. The van der Waals surface area contributed by atoms with Crippen molar-refractivity contribution in [1.82, 2.24) is 19.9 Å². The van der Waals surface area contributed by atoms with Gasteiger partial charge in [-0.15, -0.1) is 16.9 Å². The highest BCUT2D eigenvalue weighted by Crippen LogP contribution is 2.46. The number of aromatic nitrogens is 3. The van der Waals surface area contributed by atoms with Crippen LogP contribution in [0.5, 0.6) is 0 Å². The number of halogens is 5. The van der Waals surface area contributed by atoms with E-state index in [9.17, 15) is 47.2 Å². The quantitative estimate of drug-likeness (QED) is 0.260. The number of hydrogen-bond acceptors (Lipinski definition) is 9. The summed E-state index contributed by atoms with van der Waals surface area (Å²) in [7, 11) is 1.47. The molecule has 16 heteroatoms. The second kappa shape index (κ2) is 12.1. The molecule has 0 bridgehead atoms. The molecule has 0 spiro atoms. The lowest BCUT2D eigenvalue weighted by molar-refractivity contribution is -0.179. The molecule has 1 amide bonds. The van der Waals surface area contributed by atoms with Crippen molar-refractivity contribution in [1.29, 1.82) is 0 Å². The maximum absolute atomic E-state index is 13.9. The Morgan fingerprint density at radius 2 is 1.78 bits per heavy atom. The summed E-state index contributed by atoms with van der Waals surface area (Å²) < 4.78 is 75.4. The number of amides is 1. The monoisotopic (exact) mass is 610 g/mol. The van der Waals surface area contributed by atoms with E-state index in [1.54, 1.807) is 6.92 Å². The van der Waals surface area contributed by atoms with Crippen molar-refractivity contribution in [3.63, 3.8) is 0 Å². The van der Waals surface area contributed by atoms with Crippen LogP contribution in [0.15, 0.2) is 18.3 Å². The molecule has 6 atom stereocenters. The highest BCUT2D eigenvalue weighted by molar-refractivity contribution is 8.01. The predicted octanol–water partition coefficient (Wildman–Crippen LogP) is 1.86. The molecule has 1 aliphatic heterocycles. The number of aliphatic hydroxyl groups is 4. The molecule has 1 saturated heterocycles. The van der Waals surface area contributed by atoms with E-state index in [4.69, 9.17) is 4.74 Å². The first-order chi connectivity index (χ1) is 19.2. The first-order valence-corrected chi connectivity index (χ1v) is 13.9. The lowest BCUT2D eigenvalue weighted by Crippen LogP contribution is -2.58. The third-order valence-corrected chi connectivity index (χ3v) is 9.20. The molecule has 10 nitrogen and oxygen atoms in total. The van der Waals surface area contributed by atoms with Crippen molar-refractivity contribution in [2.45, 2.75) is 79.2 Å². The molecule has 228 valence electrons.